The lowest BCUT2D eigenvalue weighted by Crippen LogP contribution is -2.41. The Kier molecular flexibility index (Phi) is 4.80. The van der Waals surface area contributed by atoms with E-state index in [0.717, 1.165) is 18.4 Å². The predicted octanol–water partition coefficient (Wildman–Crippen LogP) is 1.52. The van der Waals surface area contributed by atoms with Gasteiger partial charge < -0.3 is 21.5 Å². The highest BCUT2D eigenvalue weighted by Gasteiger charge is 2.21. The fourth-order valence-corrected chi connectivity index (χ4v) is 2.47. The number of nitrogens with two attached hydrogens (primary N) is 1. The Morgan fingerprint density at radius 1 is 1.24 bits per heavy atom. The molecule has 21 heavy (non-hydrogen) atoms. The van der Waals surface area contributed by atoms with Crippen LogP contribution in [0.25, 0.3) is 0 Å². The van der Waals surface area contributed by atoms with Gasteiger partial charge in [0.15, 0.2) is 0 Å². The summed E-state index contributed by atoms with van der Waals surface area (Å²) in [5.41, 5.74) is 7.02. The third kappa shape index (κ3) is 4.19. The number of amides is 3. The minimum absolute atomic E-state index is 0.0769. The van der Waals surface area contributed by atoms with E-state index in [2.05, 4.69) is 10.6 Å². The van der Waals surface area contributed by atoms with Crippen LogP contribution in [-0.4, -0.2) is 29.2 Å². The van der Waals surface area contributed by atoms with Gasteiger partial charge in [-0.2, -0.15) is 0 Å². The summed E-state index contributed by atoms with van der Waals surface area (Å²) in [5.74, 6) is -0.528. The fraction of sp³-hybridized carbons (Fsp3) is 0.467. The van der Waals surface area contributed by atoms with Crippen LogP contribution in [-0.2, 0) is 0 Å². The van der Waals surface area contributed by atoms with Crippen molar-refractivity contribution in [1.82, 2.24) is 5.32 Å². The SMILES string of the molecule is Cc1ccc(C(N)=O)cc1NC(=O)NC1CCC(O)CC1. The van der Waals surface area contributed by atoms with Crippen molar-refractivity contribution in [3.05, 3.63) is 29.3 Å². The first-order chi connectivity index (χ1) is 9.95. The standard InChI is InChI=1S/C15H21N3O3/c1-9-2-3-10(14(16)20)8-13(9)18-15(21)17-11-4-6-12(19)7-5-11/h2-3,8,11-12,19H,4-7H2,1H3,(H2,16,20)(H2,17,18,21). The number of aliphatic hydroxyl groups is 1. The molecule has 1 aliphatic carbocycles. The molecular formula is C15H21N3O3. The Morgan fingerprint density at radius 2 is 1.90 bits per heavy atom. The maximum atomic E-state index is 12.0. The highest BCUT2D eigenvalue weighted by atomic mass is 16.3. The van der Waals surface area contributed by atoms with Crippen molar-refractivity contribution in [2.24, 2.45) is 5.73 Å². The van der Waals surface area contributed by atoms with Gasteiger partial charge in [-0.05, 0) is 50.3 Å². The van der Waals surface area contributed by atoms with Crippen molar-refractivity contribution in [1.29, 1.82) is 0 Å². The van der Waals surface area contributed by atoms with E-state index in [9.17, 15) is 14.7 Å². The van der Waals surface area contributed by atoms with Crippen molar-refractivity contribution in [2.75, 3.05) is 5.32 Å². The molecule has 2 rings (SSSR count). The Morgan fingerprint density at radius 3 is 2.52 bits per heavy atom. The number of carbonyl (C=O) groups is 2. The van der Waals surface area contributed by atoms with Crippen LogP contribution >= 0.6 is 0 Å². The molecule has 0 radical (unpaired) electrons. The van der Waals surface area contributed by atoms with Gasteiger partial charge in [0.05, 0.1) is 6.10 Å². The van der Waals surface area contributed by atoms with E-state index in [1.165, 1.54) is 0 Å². The summed E-state index contributed by atoms with van der Waals surface area (Å²) < 4.78 is 0. The molecule has 0 spiro atoms. The average Bonchev–Trinajstić information content (AvgIpc) is 2.43. The lowest BCUT2D eigenvalue weighted by atomic mass is 9.93. The minimum atomic E-state index is -0.528. The molecule has 1 aromatic carbocycles. The van der Waals surface area contributed by atoms with E-state index >= 15 is 0 Å². The third-order valence-electron chi connectivity index (χ3n) is 3.80. The van der Waals surface area contributed by atoms with Crippen LogP contribution in [0.5, 0.6) is 0 Å². The van der Waals surface area contributed by atoms with Gasteiger partial charge in [0, 0.05) is 17.3 Å². The van der Waals surface area contributed by atoms with Gasteiger partial charge in [0.25, 0.3) is 0 Å². The molecule has 5 N–H and O–H groups in total. The topological polar surface area (TPSA) is 104 Å². The number of hydrogen-bond acceptors (Lipinski definition) is 3. The van der Waals surface area contributed by atoms with Gasteiger partial charge in [0.1, 0.15) is 0 Å². The lowest BCUT2D eigenvalue weighted by molar-refractivity contribution is 0.1000. The number of urea groups is 1. The van der Waals surface area contributed by atoms with E-state index in [1.54, 1.807) is 18.2 Å². The molecule has 1 saturated carbocycles. The third-order valence-corrected chi connectivity index (χ3v) is 3.80. The Bertz CT molecular complexity index is 537. The van der Waals surface area contributed by atoms with Crippen molar-refractivity contribution >= 4 is 17.6 Å². The van der Waals surface area contributed by atoms with Crippen LogP contribution in [0.1, 0.15) is 41.6 Å². The second-order valence-corrected chi connectivity index (χ2v) is 5.50. The Hall–Kier alpha value is -2.08. The zero-order chi connectivity index (χ0) is 15.4. The molecule has 0 aromatic heterocycles. The highest BCUT2D eigenvalue weighted by molar-refractivity contribution is 5.96. The summed E-state index contributed by atoms with van der Waals surface area (Å²) >= 11 is 0. The van der Waals surface area contributed by atoms with Gasteiger partial charge in [-0.1, -0.05) is 6.07 Å². The smallest absolute Gasteiger partial charge is 0.319 e. The zero-order valence-electron chi connectivity index (χ0n) is 12.1. The fourth-order valence-electron chi connectivity index (χ4n) is 2.47. The Labute approximate surface area is 123 Å². The van der Waals surface area contributed by atoms with Crippen molar-refractivity contribution in [2.45, 2.75) is 44.8 Å². The van der Waals surface area contributed by atoms with Crippen LogP contribution < -0.4 is 16.4 Å². The second kappa shape index (κ2) is 6.58. The molecule has 0 saturated heterocycles. The number of hydrogen-bond donors (Lipinski definition) is 4. The largest absolute Gasteiger partial charge is 0.393 e. The predicted molar refractivity (Wildman–Crippen MR) is 80.1 cm³/mol. The molecule has 0 bridgehead atoms. The minimum Gasteiger partial charge on any atom is -0.393 e. The van der Waals surface area contributed by atoms with Crippen LogP contribution in [0.3, 0.4) is 0 Å². The molecule has 6 nitrogen and oxygen atoms in total. The number of carbonyl (C=O) groups excluding carboxylic acids is 2. The molecule has 0 unspecified atom stereocenters. The van der Waals surface area contributed by atoms with E-state index in [-0.39, 0.29) is 18.2 Å². The Balaban J connectivity index is 1.96. The first-order valence-corrected chi connectivity index (χ1v) is 7.11. The molecule has 1 fully saturated rings. The molecule has 0 heterocycles. The highest BCUT2D eigenvalue weighted by Crippen LogP contribution is 2.19. The average molecular weight is 291 g/mol. The monoisotopic (exact) mass is 291 g/mol. The summed E-state index contributed by atoms with van der Waals surface area (Å²) in [6, 6.07) is 4.71. The van der Waals surface area contributed by atoms with Gasteiger partial charge in [-0.25, -0.2) is 4.79 Å². The summed E-state index contributed by atoms with van der Waals surface area (Å²) in [6.07, 6.45) is 2.71. The first kappa shape index (κ1) is 15.3. The van der Waals surface area contributed by atoms with Gasteiger partial charge in [-0.15, -0.1) is 0 Å². The van der Waals surface area contributed by atoms with Crippen LogP contribution in [0.4, 0.5) is 10.5 Å². The molecular weight excluding hydrogens is 270 g/mol. The van der Waals surface area contributed by atoms with Crippen molar-refractivity contribution in [3.8, 4) is 0 Å². The summed E-state index contributed by atoms with van der Waals surface area (Å²) in [6.45, 7) is 1.84. The van der Waals surface area contributed by atoms with Gasteiger partial charge in [0.2, 0.25) is 5.91 Å². The van der Waals surface area contributed by atoms with Crippen LogP contribution in [0.2, 0.25) is 0 Å². The van der Waals surface area contributed by atoms with E-state index < -0.39 is 5.91 Å². The lowest BCUT2D eigenvalue weighted by Gasteiger charge is -2.26. The maximum Gasteiger partial charge on any atom is 0.319 e. The van der Waals surface area contributed by atoms with Crippen molar-refractivity contribution in [3.63, 3.8) is 0 Å². The second-order valence-electron chi connectivity index (χ2n) is 5.50. The molecule has 6 heteroatoms. The summed E-state index contributed by atoms with van der Waals surface area (Å²) in [7, 11) is 0. The molecule has 3 amide bonds. The number of nitrogens with one attached hydrogen (secondary N) is 2. The van der Waals surface area contributed by atoms with Crippen LogP contribution in [0.15, 0.2) is 18.2 Å². The maximum absolute atomic E-state index is 12.0. The number of rotatable bonds is 3. The quantitative estimate of drug-likeness (QED) is 0.678. The zero-order valence-corrected chi connectivity index (χ0v) is 12.1. The van der Waals surface area contributed by atoms with Crippen molar-refractivity contribution < 1.29 is 14.7 Å². The number of primary amides is 1. The number of benzene rings is 1. The first-order valence-electron chi connectivity index (χ1n) is 7.11. The number of aliphatic hydroxyl groups excluding tert-OH is 1. The van der Waals surface area contributed by atoms with E-state index in [0.29, 0.717) is 24.1 Å². The molecule has 0 atom stereocenters. The van der Waals surface area contributed by atoms with E-state index in [4.69, 9.17) is 5.73 Å². The summed E-state index contributed by atoms with van der Waals surface area (Å²) in [4.78, 5) is 23.2. The molecule has 1 aliphatic rings. The molecule has 0 aliphatic heterocycles. The number of anilines is 1. The number of aryl methyl sites for hydroxylation is 1. The van der Waals surface area contributed by atoms with Gasteiger partial charge >= 0.3 is 6.03 Å². The van der Waals surface area contributed by atoms with E-state index in [1.807, 2.05) is 6.92 Å². The summed E-state index contributed by atoms with van der Waals surface area (Å²) in [5, 5.41) is 15.1. The molecule has 1 aromatic rings. The van der Waals surface area contributed by atoms with Crippen LogP contribution in [0, 0.1) is 6.92 Å². The van der Waals surface area contributed by atoms with Gasteiger partial charge in [-0.3, -0.25) is 4.79 Å². The molecule has 114 valence electrons. The normalized spacial score (nSPS) is 21.6.